The summed E-state index contributed by atoms with van der Waals surface area (Å²) in [4.78, 5) is 24.8. The number of aryl methyl sites for hydroxylation is 2. The second-order valence-corrected chi connectivity index (χ2v) is 7.60. The minimum absolute atomic E-state index is 0.0330. The largest absolute Gasteiger partial charge is 0.315 e. The Morgan fingerprint density at radius 1 is 0.963 bits per heavy atom. The van der Waals surface area contributed by atoms with Crippen molar-refractivity contribution in [1.29, 1.82) is 0 Å². The van der Waals surface area contributed by atoms with Crippen LogP contribution in [0, 0.1) is 6.92 Å². The number of pyridine rings is 1. The zero-order valence-electron chi connectivity index (χ0n) is 15.5. The Labute approximate surface area is 167 Å². The van der Waals surface area contributed by atoms with Crippen LogP contribution in [0.4, 0.5) is 0 Å². The fourth-order valence-corrected chi connectivity index (χ4v) is 3.43. The molecular weight excluding hydrogens is 402 g/mol. The highest BCUT2D eigenvalue weighted by atomic mass is 79.9. The standard InChI is InChI=1S/C23H22BrNO2/c1-3-25-15-19(10-13-23(25)27)22(26)14-21(17-6-4-16(2)5-7-17)18-8-11-20(24)12-9-18/h4-13,15,21H,3,14H2,1-2H3. The maximum Gasteiger partial charge on any atom is 0.250 e. The first-order valence-corrected chi connectivity index (χ1v) is 9.83. The molecular formula is C23H22BrNO2. The molecule has 2 aromatic carbocycles. The molecule has 3 rings (SSSR count). The van der Waals surface area contributed by atoms with Crippen molar-refractivity contribution in [2.75, 3.05) is 0 Å². The van der Waals surface area contributed by atoms with E-state index in [0.29, 0.717) is 18.5 Å². The normalized spacial score (nSPS) is 12.0. The number of rotatable bonds is 6. The van der Waals surface area contributed by atoms with E-state index in [-0.39, 0.29) is 17.3 Å². The van der Waals surface area contributed by atoms with E-state index in [1.54, 1.807) is 16.8 Å². The molecule has 0 saturated carbocycles. The molecule has 0 spiro atoms. The topological polar surface area (TPSA) is 39.1 Å². The van der Waals surface area contributed by atoms with Gasteiger partial charge in [-0.25, -0.2) is 0 Å². The molecule has 3 aromatic rings. The number of benzene rings is 2. The Bertz CT molecular complexity index is 943. The van der Waals surface area contributed by atoms with E-state index in [1.165, 1.54) is 11.6 Å². The number of Topliss-reactive ketones (excluding diaryl/α,β-unsaturated/α-hetero) is 1. The van der Waals surface area contributed by atoms with Crippen molar-refractivity contribution in [3.8, 4) is 0 Å². The van der Waals surface area contributed by atoms with Gasteiger partial charge in [-0.15, -0.1) is 0 Å². The van der Waals surface area contributed by atoms with Gasteiger partial charge >= 0.3 is 0 Å². The molecule has 1 atom stereocenters. The SMILES string of the molecule is CCn1cc(C(=O)CC(c2ccc(C)cc2)c2ccc(Br)cc2)ccc1=O. The molecule has 3 nitrogen and oxygen atoms in total. The van der Waals surface area contributed by atoms with Crippen LogP contribution in [0.5, 0.6) is 0 Å². The summed E-state index contributed by atoms with van der Waals surface area (Å²) in [6.07, 6.45) is 2.02. The van der Waals surface area contributed by atoms with Gasteiger partial charge in [0.1, 0.15) is 0 Å². The molecule has 0 radical (unpaired) electrons. The fourth-order valence-electron chi connectivity index (χ4n) is 3.17. The van der Waals surface area contributed by atoms with Crippen LogP contribution in [0.25, 0.3) is 0 Å². The minimum Gasteiger partial charge on any atom is -0.315 e. The van der Waals surface area contributed by atoms with Crippen molar-refractivity contribution in [2.24, 2.45) is 0 Å². The van der Waals surface area contributed by atoms with E-state index >= 15 is 0 Å². The monoisotopic (exact) mass is 423 g/mol. The van der Waals surface area contributed by atoms with E-state index < -0.39 is 0 Å². The van der Waals surface area contributed by atoms with Crippen molar-refractivity contribution in [3.63, 3.8) is 0 Å². The van der Waals surface area contributed by atoms with Crippen molar-refractivity contribution < 1.29 is 4.79 Å². The molecule has 0 aliphatic rings. The van der Waals surface area contributed by atoms with Crippen LogP contribution in [0.2, 0.25) is 0 Å². The van der Waals surface area contributed by atoms with Crippen LogP contribution in [-0.4, -0.2) is 10.4 Å². The van der Waals surface area contributed by atoms with E-state index in [0.717, 1.165) is 15.6 Å². The van der Waals surface area contributed by atoms with E-state index in [4.69, 9.17) is 0 Å². The lowest BCUT2D eigenvalue weighted by atomic mass is 9.85. The van der Waals surface area contributed by atoms with Gasteiger partial charge in [0.25, 0.3) is 5.56 Å². The molecule has 1 heterocycles. The number of hydrogen-bond donors (Lipinski definition) is 0. The third kappa shape index (κ3) is 4.64. The molecule has 4 heteroatoms. The van der Waals surface area contributed by atoms with Crippen molar-refractivity contribution in [3.05, 3.63) is 104 Å². The van der Waals surface area contributed by atoms with Crippen LogP contribution >= 0.6 is 15.9 Å². The predicted molar refractivity (Wildman–Crippen MR) is 112 cm³/mol. The Morgan fingerprint density at radius 3 is 2.15 bits per heavy atom. The molecule has 0 saturated heterocycles. The van der Waals surface area contributed by atoms with Crippen LogP contribution in [0.3, 0.4) is 0 Å². The smallest absolute Gasteiger partial charge is 0.250 e. The molecule has 138 valence electrons. The molecule has 0 amide bonds. The maximum atomic E-state index is 13.0. The highest BCUT2D eigenvalue weighted by molar-refractivity contribution is 9.10. The summed E-state index contributed by atoms with van der Waals surface area (Å²) in [5.74, 6) is -0.00102. The molecule has 0 N–H and O–H groups in total. The first-order chi connectivity index (χ1) is 13.0. The quantitative estimate of drug-likeness (QED) is 0.501. The van der Waals surface area contributed by atoms with Crippen molar-refractivity contribution in [1.82, 2.24) is 4.57 Å². The third-order valence-electron chi connectivity index (χ3n) is 4.79. The Hall–Kier alpha value is -2.46. The lowest BCUT2D eigenvalue weighted by molar-refractivity contribution is 0.0977. The van der Waals surface area contributed by atoms with Crippen molar-refractivity contribution >= 4 is 21.7 Å². The van der Waals surface area contributed by atoms with Gasteiger partial charge in [-0.3, -0.25) is 9.59 Å². The average Bonchev–Trinajstić information content (AvgIpc) is 2.68. The number of halogens is 1. The second-order valence-electron chi connectivity index (χ2n) is 6.68. The lowest BCUT2D eigenvalue weighted by Gasteiger charge is -2.18. The van der Waals surface area contributed by atoms with Crippen LogP contribution < -0.4 is 5.56 Å². The van der Waals surface area contributed by atoms with Crippen LogP contribution in [0.15, 0.2) is 76.1 Å². The molecule has 27 heavy (non-hydrogen) atoms. The first kappa shape index (κ1) is 19.3. The number of aromatic nitrogens is 1. The lowest BCUT2D eigenvalue weighted by Crippen LogP contribution is -2.19. The van der Waals surface area contributed by atoms with Crippen LogP contribution in [-0.2, 0) is 6.54 Å². The van der Waals surface area contributed by atoms with E-state index in [1.807, 2.05) is 19.1 Å². The van der Waals surface area contributed by atoms with Gasteiger partial charge in [0.15, 0.2) is 5.78 Å². The first-order valence-electron chi connectivity index (χ1n) is 9.03. The fraction of sp³-hybridized carbons (Fsp3) is 0.217. The zero-order chi connectivity index (χ0) is 19.4. The second kappa shape index (κ2) is 8.49. The molecule has 1 unspecified atom stereocenters. The summed E-state index contributed by atoms with van der Waals surface area (Å²) in [5.41, 5.74) is 3.89. The van der Waals surface area contributed by atoms with Gasteiger partial charge in [-0.05, 0) is 43.2 Å². The summed E-state index contributed by atoms with van der Waals surface area (Å²) in [5, 5.41) is 0. The van der Waals surface area contributed by atoms with Crippen molar-refractivity contribution in [2.45, 2.75) is 32.7 Å². The number of carbonyl (C=O) groups excluding carboxylic acids is 1. The molecule has 0 bridgehead atoms. The molecule has 0 aliphatic heterocycles. The van der Waals surface area contributed by atoms with Crippen LogP contribution in [0.1, 0.15) is 46.3 Å². The molecule has 0 aliphatic carbocycles. The number of hydrogen-bond acceptors (Lipinski definition) is 2. The molecule has 1 aromatic heterocycles. The number of carbonyl (C=O) groups is 1. The average molecular weight is 424 g/mol. The highest BCUT2D eigenvalue weighted by Gasteiger charge is 2.20. The van der Waals surface area contributed by atoms with Gasteiger partial charge in [-0.2, -0.15) is 0 Å². The van der Waals surface area contributed by atoms with Gasteiger partial charge in [0, 0.05) is 41.2 Å². The Morgan fingerprint density at radius 2 is 1.56 bits per heavy atom. The van der Waals surface area contributed by atoms with Gasteiger partial charge in [0.05, 0.1) is 0 Å². The summed E-state index contributed by atoms with van der Waals surface area (Å²) >= 11 is 3.47. The maximum absolute atomic E-state index is 13.0. The summed E-state index contributed by atoms with van der Waals surface area (Å²) < 4.78 is 2.57. The van der Waals surface area contributed by atoms with Gasteiger partial charge in [0.2, 0.25) is 0 Å². The molecule has 0 fully saturated rings. The van der Waals surface area contributed by atoms with Gasteiger partial charge in [-0.1, -0.05) is 57.9 Å². The van der Waals surface area contributed by atoms with Gasteiger partial charge < -0.3 is 4.57 Å². The van der Waals surface area contributed by atoms with E-state index in [2.05, 4.69) is 59.3 Å². The Kier molecular flexibility index (Phi) is 6.07. The Balaban J connectivity index is 1.95. The highest BCUT2D eigenvalue weighted by Crippen LogP contribution is 2.30. The van der Waals surface area contributed by atoms with E-state index in [9.17, 15) is 9.59 Å². The number of nitrogens with zero attached hydrogens (tertiary/aromatic N) is 1. The summed E-state index contributed by atoms with van der Waals surface area (Å²) in [6.45, 7) is 4.50. The summed E-state index contributed by atoms with van der Waals surface area (Å²) in [6, 6.07) is 19.5. The minimum atomic E-state index is -0.0861. The summed E-state index contributed by atoms with van der Waals surface area (Å²) in [7, 11) is 0. The number of ketones is 1. The zero-order valence-corrected chi connectivity index (χ0v) is 17.1. The third-order valence-corrected chi connectivity index (χ3v) is 5.32. The predicted octanol–water partition coefficient (Wildman–Crippen LogP) is 5.34.